The van der Waals surface area contributed by atoms with E-state index in [0.717, 1.165) is 19.4 Å². The zero-order chi connectivity index (χ0) is 17.7. The number of aromatic nitrogens is 1. The number of halogens is 1. The molecule has 0 aliphatic carbocycles. The molecule has 2 rings (SSSR count). The summed E-state index contributed by atoms with van der Waals surface area (Å²) in [4.78, 5) is 25.6. The zero-order valence-corrected chi connectivity index (χ0v) is 12.6. The number of nitrogens with zero attached hydrogens (tertiary/aromatic N) is 2. The van der Waals surface area contributed by atoms with Gasteiger partial charge in [0.15, 0.2) is 0 Å². The van der Waals surface area contributed by atoms with Gasteiger partial charge in [-0.3, -0.25) is 10.1 Å². The molecule has 0 saturated carbocycles. The average molecular weight is 335 g/mol. The van der Waals surface area contributed by atoms with Crippen molar-refractivity contribution in [2.24, 2.45) is 0 Å². The number of aliphatic hydroxyl groups is 1. The summed E-state index contributed by atoms with van der Waals surface area (Å²) in [5, 5.41) is 23.7. The fraction of sp³-hybridized carbons (Fsp3) is 0.200. The molecule has 1 atom stereocenters. The van der Waals surface area contributed by atoms with Crippen LogP contribution in [-0.4, -0.2) is 34.6 Å². The number of aliphatic hydroxyl groups excluding tert-OH is 1. The first-order chi connectivity index (χ1) is 11.4. The first-order valence-corrected chi connectivity index (χ1v) is 6.83. The molecule has 0 radical (unpaired) electrons. The van der Waals surface area contributed by atoms with E-state index in [-0.39, 0.29) is 23.5 Å². The number of benzene rings is 1. The van der Waals surface area contributed by atoms with E-state index in [1.54, 1.807) is 6.07 Å². The highest BCUT2D eigenvalue weighted by Crippen LogP contribution is 2.24. The summed E-state index contributed by atoms with van der Waals surface area (Å²) in [6.07, 6.45) is -0.121. The lowest BCUT2D eigenvalue weighted by atomic mass is 10.1. The summed E-state index contributed by atoms with van der Waals surface area (Å²) < 4.78 is 18.1. The third-order valence-corrected chi connectivity index (χ3v) is 3.21. The molecule has 1 heterocycles. The van der Waals surface area contributed by atoms with Gasteiger partial charge in [-0.25, -0.2) is 14.2 Å². The number of ether oxygens (including phenoxy) is 1. The Morgan fingerprint density at radius 3 is 2.83 bits per heavy atom. The molecular weight excluding hydrogens is 321 g/mol. The van der Waals surface area contributed by atoms with Crippen LogP contribution in [-0.2, 0) is 4.74 Å². The third kappa shape index (κ3) is 3.82. The Labute approximate surface area is 136 Å². The van der Waals surface area contributed by atoms with E-state index in [1.165, 1.54) is 18.2 Å². The van der Waals surface area contributed by atoms with Gasteiger partial charge in [-0.15, -0.1) is 0 Å². The van der Waals surface area contributed by atoms with Crippen molar-refractivity contribution in [1.29, 1.82) is 0 Å². The van der Waals surface area contributed by atoms with Crippen LogP contribution in [0.1, 0.15) is 22.0 Å². The predicted octanol–water partition coefficient (Wildman–Crippen LogP) is 2.06. The summed E-state index contributed by atoms with van der Waals surface area (Å²) in [6.45, 7) is -0.202. The number of anilines is 1. The van der Waals surface area contributed by atoms with Gasteiger partial charge in [0, 0.05) is 24.4 Å². The second kappa shape index (κ2) is 7.47. The molecule has 2 aromatic rings. The van der Waals surface area contributed by atoms with E-state index in [0.29, 0.717) is 0 Å². The van der Waals surface area contributed by atoms with Crippen LogP contribution in [0.25, 0.3) is 0 Å². The van der Waals surface area contributed by atoms with Crippen LogP contribution >= 0.6 is 0 Å². The quantitative estimate of drug-likeness (QED) is 0.472. The van der Waals surface area contributed by atoms with Gasteiger partial charge >= 0.3 is 11.7 Å². The lowest BCUT2D eigenvalue weighted by molar-refractivity contribution is -0.384. The Balaban J connectivity index is 2.19. The van der Waals surface area contributed by atoms with E-state index in [2.05, 4.69) is 15.0 Å². The monoisotopic (exact) mass is 335 g/mol. The fourth-order valence-corrected chi connectivity index (χ4v) is 2.01. The largest absolute Gasteiger partial charge is 0.465 e. The van der Waals surface area contributed by atoms with Crippen LogP contribution in [0.5, 0.6) is 0 Å². The molecule has 8 nitrogen and oxygen atoms in total. The van der Waals surface area contributed by atoms with Crippen molar-refractivity contribution in [1.82, 2.24) is 4.98 Å². The first-order valence-electron chi connectivity index (χ1n) is 6.83. The number of methoxy groups -OCH3 is 1. The van der Waals surface area contributed by atoms with Crippen LogP contribution in [0, 0.1) is 15.9 Å². The standard InChI is InChI=1S/C15H14FN3O5/c1-24-15(21)9-6-12(19(22)23)14(17-7-9)18-8-13(20)10-4-2-3-5-11(10)16/h2-7,13,20H,8H2,1H3,(H,17,18). The van der Waals surface area contributed by atoms with Crippen molar-refractivity contribution in [3.63, 3.8) is 0 Å². The zero-order valence-electron chi connectivity index (χ0n) is 12.6. The highest BCUT2D eigenvalue weighted by atomic mass is 19.1. The third-order valence-electron chi connectivity index (χ3n) is 3.21. The number of carbonyl (C=O) groups is 1. The van der Waals surface area contributed by atoms with Crippen molar-refractivity contribution in [3.05, 3.63) is 63.6 Å². The van der Waals surface area contributed by atoms with Gasteiger partial charge in [0.2, 0.25) is 5.82 Å². The maximum absolute atomic E-state index is 13.6. The number of rotatable bonds is 6. The number of esters is 1. The van der Waals surface area contributed by atoms with Crippen LogP contribution in [0.2, 0.25) is 0 Å². The molecule has 1 aromatic heterocycles. The summed E-state index contributed by atoms with van der Waals surface area (Å²) in [6, 6.07) is 6.66. The van der Waals surface area contributed by atoms with Crippen LogP contribution in [0.15, 0.2) is 36.5 Å². The molecule has 0 aliphatic heterocycles. The minimum absolute atomic E-state index is 0.0545. The normalized spacial score (nSPS) is 11.6. The van der Waals surface area contributed by atoms with Crippen molar-refractivity contribution in [2.45, 2.75) is 6.10 Å². The van der Waals surface area contributed by atoms with Crippen LogP contribution in [0.3, 0.4) is 0 Å². The number of nitro groups is 1. The molecular formula is C15H14FN3O5. The Bertz CT molecular complexity index is 769. The Morgan fingerprint density at radius 2 is 2.21 bits per heavy atom. The van der Waals surface area contributed by atoms with E-state index in [4.69, 9.17) is 0 Å². The summed E-state index contributed by atoms with van der Waals surface area (Å²) in [7, 11) is 1.14. The fourth-order valence-electron chi connectivity index (χ4n) is 2.01. The maximum atomic E-state index is 13.6. The van der Waals surface area contributed by atoms with Crippen molar-refractivity contribution in [2.75, 3.05) is 19.0 Å². The molecule has 0 aliphatic rings. The lowest BCUT2D eigenvalue weighted by Gasteiger charge is -2.13. The minimum atomic E-state index is -1.23. The molecule has 0 spiro atoms. The topological polar surface area (TPSA) is 115 Å². The average Bonchev–Trinajstić information content (AvgIpc) is 2.59. The van der Waals surface area contributed by atoms with Gasteiger partial charge in [0.25, 0.3) is 0 Å². The Morgan fingerprint density at radius 1 is 1.50 bits per heavy atom. The minimum Gasteiger partial charge on any atom is -0.465 e. The van der Waals surface area contributed by atoms with Gasteiger partial charge in [-0.1, -0.05) is 18.2 Å². The molecule has 24 heavy (non-hydrogen) atoms. The van der Waals surface area contributed by atoms with Gasteiger partial charge in [-0.2, -0.15) is 0 Å². The maximum Gasteiger partial charge on any atom is 0.339 e. The van der Waals surface area contributed by atoms with Gasteiger partial charge in [-0.05, 0) is 6.07 Å². The van der Waals surface area contributed by atoms with Gasteiger partial charge < -0.3 is 15.2 Å². The molecule has 0 amide bonds. The highest BCUT2D eigenvalue weighted by Gasteiger charge is 2.21. The van der Waals surface area contributed by atoms with Crippen molar-refractivity contribution >= 4 is 17.5 Å². The summed E-state index contributed by atoms with van der Waals surface area (Å²) in [5.74, 6) is -1.50. The summed E-state index contributed by atoms with van der Waals surface area (Å²) in [5.41, 5.74) is -0.484. The molecule has 1 unspecified atom stereocenters. The molecule has 0 bridgehead atoms. The summed E-state index contributed by atoms with van der Waals surface area (Å²) >= 11 is 0. The first kappa shape index (κ1) is 17.3. The number of hydrogen-bond donors (Lipinski definition) is 2. The number of hydrogen-bond acceptors (Lipinski definition) is 7. The molecule has 126 valence electrons. The SMILES string of the molecule is COC(=O)c1cnc(NCC(O)c2ccccc2F)c([N+](=O)[O-])c1. The Hall–Kier alpha value is -3.07. The molecule has 2 N–H and O–H groups in total. The predicted molar refractivity (Wildman–Crippen MR) is 82.1 cm³/mol. The second-order valence-electron chi connectivity index (χ2n) is 4.76. The number of carbonyl (C=O) groups excluding carboxylic acids is 1. The Kier molecular flexibility index (Phi) is 5.38. The van der Waals surface area contributed by atoms with Crippen LogP contribution < -0.4 is 5.32 Å². The van der Waals surface area contributed by atoms with E-state index in [9.17, 15) is 24.4 Å². The second-order valence-corrected chi connectivity index (χ2v) is 4.76. The molecule has 0 fully saturated rings. The van der Waals surface area contributed by atoms with Crippen molar-refractivity contribution < 1.29 is 24.0 Å². The van der Waals surface area contributed by atoms with Crippen LogP contribution in [0.4, 0.5) is 15.9 Å². The highest BCUT2D eigenvalue weighted by molar-refractivity contribution is 5.90. The van der Waals surface area contributed by atoms with Gasteiger partial charge in [0.05, 0.1) is 23.7 Å². The number of nitrogens with one attached hydrogen (secondary N) is 1. The van der Waals surface area contributed by atoms with E-state index in [1.807, 2.05) is 0 Å². The molecule has 9 heteroatoms. The molecule has 1 aromatic carbocycles. The smallest absolute Gasteiger partial charge is 0.339 e. The number of pyridine rings is 1. The molecule has 0 saturated heterocycles. The lowest BCUT2D eigenvalue weighted by Crippen LogP contribution is -2.15. The van der Waals surface area contributed by atoms with E-state index >= 15 is 0 Å². The van der Waals surface area contributed by atoms with Crippen molar-refractivity contribution in [3.8, 4) is 0 Å². The van der Waals surface area contributed by atoms with Gasteiger partial charge in [0.1, 0.15) is 5.82 Å². The van der Waals surface area contributed by atoms with E-state index < -0.39 is 28.5 Å².